The number of hydrogen-bond donors (Lipinski definition) is 2. The number of rotatable bonds is 6. The van der Waals surface area contributed by atoms with Crippen LogP contribution in [0.25, 0.3) is 0 Å². The molecule has 0 amide bonds. The maximum Gasteiger partial charge on any atom is 0.225 e. The van der Waals surface area contributed by atoms with Crippen LogP contribution in [0.1, 0.15) is 18.9 Å². The lowest BCUT2D eigenvalue weighted by Gasteiger charge is -2.19. The fourth-order valence-corrected chi connectivity index (χ4v) is 3.71. The van der Waals surface area contributed by atoms with Crippen LogP contribution in [0.3, 0.4) is 0 Å². The first-order valence-corrected chi connectivity index (χ1v) is 11.0. The maximum atomic E-state index is 13.2. The van der Waals surface area contributed by atoms with Crippen molar-refractivity contribution in [1.29, 1.82) is 0 Å². The Morgan fingerprint density at radius 3 is 2.68 bits per heavy atom. The quantitative estimate of drug-likeness (QED) is 0.394. The molecule has 1 aliphatic rings. The van der Waals surface area contributed by atoms with E-state index in [9.17, 15) is 4.39 Å². The van der Waals surface area contributed by atoms with Crippen LogP contribution in [0.4, 0.5) is 4.39 Å². The molecule has 0 aliphatic carbocycles. The summed E-state index contributed by atoms with van der Waals surface area (Å²) in [6.45, 7) is 2.71. The summed E-state index contributed by atoms with van der Waals surface area (Å²) in [6, 6.07) is 14.0. The Morgan fingerprint density at radius 1 is 1.29 bits per heavy atom. The third-order valence-corrected chi connectivity index (χ3v) is 5.70. The number of nitrogens with one attached hydrogen (secondary N) is 1. The summed E-state index contributed by atoms with van der Waals surface area (Å²) in [6.07, 6.45) is 0.762. The van der Waals surface area contributed by atoms with Crippen molar-refractivity contribution in [2.24, 2.45) is 15.2 Å². The molecule has 0 bridgehead atoms. The summed E-state index contributed by atoms with van der Waals surface area (Å²) in [5, 5.41) is 12.8. The number of aliphatic imine (C=N–C) groups is 1. The number of nitrogens with two attached hydrogens (primary N) is 1. The van der Waals surface area contributed by atoms with Gasteiger partial charge in [-0.25, -0.2) is 14.4 Å². The molecule has 3 rings (SSSR count). The van der Waals surface area contributed by atoms with Gasteiger partial charge in [-0.1, -0.05) is 35.7 Å². The summed E-state index contributed by atoms with van der Waals surface area (Å²) in [5.74, 6) is 1.12. The van der Waals surface area contributed by atoms with Crippen molar-refractivity contribution in [2.45, 2.75) is 24.3 Å². The van der Waals surface area contributed by atoms with Crippen molar-refractivity contribution in [3.05, 3.63) is 64.9 Å². The molecule has 9 heteroatoms. The fourth-order valence-electron chi connectivity index (χ4n) is 2.59. The van der Waals surface area contributed by atoms with E-state index in [0.29, 0.717) is 23.3 Å². The van der Waals surface area contributed by atoms with E-state index in [1.807, 2.05) is 36.2 Å². The Bertz CT molecular complexity index is 842. The van der Waals surface area contributed by atoms with Crippen molar-refractivity contribution < 1.29 is 4.39 Å². The van der Waals surface area contributed by atoms with Crippen LogP contribution in [-0.4, -0.2) is 35.0 Å². The van der Waals surface area contributed by atoms with E-state index in [1.54, 1.807) is 12.1 Å². The molecule has 1 aliphatic heterocycles. The lowest BCUT2D eigenvalue weighted by Crippen LogP contribution is -2.34. The van der Waals surface area contributed by atoms with Gasteiger partial charge in [-0.05, 0) is 60.8 Å². The minimum atomic E-state index is -0.254. The highest BCUT2D eigenvalue weighted by molar-refractivity contribution is 7.98. The number of benzene rings is 2. The third-order valence-electron chi connectivity index (χ3n) is 3.98. The van der Waals surface area contributed by atoms with E-state index in [-0.39, 0.29) is 11.9 Å². The molecule has 3 N–H and O–H groups in total. The van der Waals surface area contributed by atoms with E-state index in [0.717, 1.165) is 22.6 Å². The smallest absolute Gasteiger partial charge is 0.225 e. The van der Waals surface area contributed by atoms with Crippen LogP contribution >= 0.6 is 35.5 Å². The summed E-state index contributed by atoms with van der Waals surface area (Å²) < 4.78 is 16.5. The Labute approximate surface area is 177 Å². The highest BCUT2D eigenvalue weighted by atomic mass is 35.5. The summed E-state index contributed by atoms with van der Waals surface area (Å²) in [7, 11) is 0. The molecule has 0 radical (unpaired) electrons. The van der Waals surface area contributed by atoms with Crippen molar-refractivity contribution >= 4 is 47.2 Å². The standard InChI is InChI=1S/C19H21ClFN5S2/c1-13(12-27-22)23-19(25-28-17-8-4-15(20)5-9-17)26-11-10-18(24-26)14-2-6-16(21)7-3-14/h2-9,13H,10-12,22H2,1H3,(H,23,25)/t13-/m0/s1. The zero-order valence-electron chi connectivity index (χ0n) is 15.3. The largest absolute Gasteiger partial charge is 0.295 e. The molecule has 28 heavy (non-hydrogen) atoms. The van der Waals surface area contributed by atoms with E-state index >= 15 is 0 Å². The first kappa shape index (κ1) is 21.0. The second-order valence-electron chi connectivity index (χ2n) is 6.22. The van der Waals surface area contributed by atoms with Crippen LogP contribution < -0.4 is 9.86 Å². The van der Waals surface area contributed by atoms with Crippen molar-refractivity contribution in [2.75, 3.05) is 12.3 Å². The molecular weight excluding hydrogens is 417 g/mol. The highest BCUT2D eigenvalue weighted by Gasteiger charge is 2.21. The van der Waals surface area contributed by atoms with Crippen molar-refractivity contribution in [3.63, 3.8) is 0 Å². The summed E-state index contributed by atoms with van der Waals surface area (Å²) in [4.78, 5) is 5.75. The zero-order valence-corrected chi connectivity index (χ0v) is 17.7. The molecule has 2 aromatic rings. The molecule has 0 fully saturated rings. The predicted molar refractivity (Wildman–Crippen MR) is 118 cm³/mol. The van der Waals surface area contributed by atoms with E-state index in [4.69, 9.17) is 21.7 Å². The number of nitrogens with zero attached hydrogens (tertiary/aromatic N) is 3. The van der Waals surface area contributed by atoms with E-state index in [2.05, 4.69) is 9.82 Å². The molecule has 1 heterocycles. The molecular formula is C19H21ClFN5S2. The normalized spacial score (nSPS) is 15.5. The van der Waals surface area contributed by atoms with Gasteiger partial charge in [0.15, 0.2) is 0 Å². The number of guanidine groups is 1. The lowest BCUT2D eigenvalue weighted by molar-refractivity contribution is 0.476. The predicted octanol–water partition coefficient (Wildman–Crippen LogP) is 4.54. The summed E-state index contributed by atoms with van der Waals surface area (Å²) >= 11 is 8.66. The molecule has 5 nitrogen and oxygen atoms in total. The topological polar surface area (TPSA) is 66.0 Å². The molecule has 1 atom stereocenters. The first-order valence-electron chi connectivity index (χ1n) is 8.74. The second-order valence-corrected chi connectivity index (χ2v) is 8.20. The number of hydrazone groups is 1. The zero-order chi connectivity index (χ0) is 19.9. The van der Waals surface area contributed by atoms with Gasteiger partial charge in [-0.3, -0.25) is 9.86 Å². The van der Waals surface area contributed by atoms with E-state index < -0.39 is 0 Å². The van der Waals surface area contributed by atoms with Crippen molar-refractivity contribution in [1.82, 2.24) is 9.73 Å². The van der Waals surface area contributed by atoms with Gasteiger partial charge >= 0.3 is 0 Å². The van der Waals surface area contributed by atoms with Gasteiger partial charge in [-0.15, -0.1) is 0 Å². The Morgan fingerprint density at radius 2 is 2.00 bits per heavy atom. The molecule has 0 saturated carbocycles. The second kappa shape index (κ2) is 10.2. The Kier molecular flexibility index (Phi) is 7.61. The van der Waals surface area contributed by atoms with Gasteiger partial charge < -0.3 is 0 Å². The summed E-state index contributed by atoms with van der Waals surface area (Å²) in [5.41, 5.74) is 1.83. The maximum absolute atomic E-state index is 13.2. The van der Waals surface area contributed by atoms with Crippen LogP contribution in [0.5, 0.6) is 0 Å². The van der Waals surface area contributed by atoms with Crippen LogP contribution in [0.2, 0.25) is 5.02 Å². The van der Waals surface area contributed by atoms with Crippen molar-refractivity contribution in [3.8, 4) is 0 Å². The molecule has 2 aromatic carbocycles. The van der Waals surface area contributed by atoms with Crippen LogP contribution in [0, 0.1) is 5.82 Å². The van der Waals surface area contributed by atoms with Gasteiger partial charge in [0.25, 0.3) is 0 Å². The first-order chi connectivity index (χ1) is 13.5. The van der Waals surface area contributed by atoms with Gasteiger partial charge in [-0.2, -0.15) is 5.10 Å². The Hall–Kier alpha value is -1.74. The minimum Gasteiger partial charge on any atom is -0.295 e. The fraction of sp³-hybridized carbons (Fsp3) is 0.263. The molecule has 0 unspecified atom stereocenters. The molecule has 0 aromatic heterocycles. The number of hydrogen-bond acceptors (Lipinski definition) is 5. The minimum absolute atomic E-state index is 0.0355. The monoisotopic (exact) mass is 437 g/mol. The van der Waals surface area contributed by atoms with E-state index in [1.165, 1.54) is 36.0 Å². The average molecular weight is 438 g/mol. The average Bonchev–Trinajstić information content (AvgIpc) is 3.17. The molecule has 148 valence electrons. The van der Waals surface area contributed by atoms with Crippen LogP contribution in [-0.2, 0) is 0 Å². The highest BCUT2D eigenvalue weighted by Crippen LogP contribution is 2.20. The Balaban J connectivity index is 1.76. The number of halogens is 2. The van der Waals surface area contributed by atoms with Gasteiger partial charge in [0.05, 0.1) is 18.3 Å². The van der Waals surface area contributed by atoms with Gasteiger partial charge in [0, 0.05) is 22.1 Å². The third kappa shape index (κ3) is 5.88. The molecule has 0 spiro atoms. The molecule has 0 saturated heterocycles. The van der Waals surface area contributed by atoms with Gasteiger partial charge in [0.1, 0.15) is 5.82 Å². The van der Waals surface area contributed by atoms with Gasteiger partial charge in [0.2, 0.25) is 5.96 Å². The van der Waals surface area contributed by atoms with Crippen LogP contribution in [0.15, 0.2) is 63.5 Å². The SMILES string of the molecule is C[C@@H](CSN)N=C(NSc1ccc(Cl)cc1)N1CCC(c2ccc(F)cc2)=N1. The lowest BCUT2D eigenvalue weighted by atomic mass is 10.1.